The standard InChI is InChI=1S/C16H17N3O3S2/c1-19(24(21,22)16-5-3-11-23-16)10-2-4-15(20)18-14-8-6-13(12-17)7-9-14/h3,5-9,11H,2,4,10H2,1H3,(H,18,20). The lowest BCUT2D eigenvalue weighted by atomic mass is 10.2. The van der Waals surface area contributed by atoms with Crippen LogP contribution in [0, 0.1) is 11.3 Å². The van der Waals surface area contributed by atoms with E-state index in [-0.39, 0.29) is 18.9 Å². The van der Waals surface area contributed by atoms with Gasteiger partial charge in [0, 0.05) is 25.7 Å². The molecule has 0 fully saturated rings. The van der Waals surface area contributed by atoms with Crippen LogP contribution in [-0.2, 0) is 14.8 Å². The maximum atomic E-state index is 12.2. The minimum Gasteiger partial charge on any atom is -0.326 e. The number of carbonyl (C=O) groups excluding carboxylic acids is 1. The number of nitrogens with one attached hydrogen (secondary N) is 1. The summed E-state index contributed by atoms with van der Waals surface area (Å²) in [6, 6.07) is 11.8. The summed E-state index contributed by atoms with van der Waals surface area (Å²) in [5.74, 6) is -0.193. The predicted octanol–water partition coefficient (Wildman–Crippen LogP) is 2.66. The molecule has 0 aliphatic carbocycles. The molecule has 6 nitrogen and oxygen atoms in total. The highest BCUT2D eigenvalue weighted by Crippen LogP contribution is 2.20. The number of benzene rings is 1. The van der Waals surface area contributed by atoms with Gasteiger partial charge in [-0.1, -0.05) is 6.07 Å². The van der Waals surface area contributed by atoms with Gasteiger partial charge in [-0.15, -0.1) is 11.3 Å². The number of anilines is 1. The van der Waals surface area contributed by atoms with Crippen LogP contribution in [-0.4, -0.2) is 32.2 Å². The van der Waals surface area contributed by atoms with Crippen molar-refractivity contribution in [2.75, 3.05) is 18.9 Å². The maximum Gasteiger partial charge on any atom is 0.252 e. The van der Waals surface area contributed by atoms with E-state index < -0.39 is 10.0 Å². The summed E-state index contributed by atoms with van der Waals surface area (Å²) in [4.78, 5) is 11.9. The summed E-state index contributed by atoms with van der Waals surface area (Å²) in [5.41, 5.74) is 1.13. The zero-order chi connectivity index (χ0) is 17.6. The van der Waals surface area contributed by atoms with Gasteiger partial charge >= 0.3 is 0 Å². The minimum atomic E-state index is -3.47. The quantitative estimate of drug-likeness (QED) is 0.819. The molecule has 1 heterocycles. The zero-order valence-corrected chi connectivity index (χ0v) is 14.7. The van der Waals surface area contributed by atoms with Gasteiger partial charge in [0.05, 0.1) is 11.6 Å². The van der Waals surface area contributed by atoms with E-state index in [0.717, 1.165) is 0 Å². The van der Waals surface area contributed by atoms with Crippen LogP contribution in [0.15, 0.2) is 46.0 Å². The van der Waals surface area contributed by atoms with E-state index in [1.807, 2.05) is 6.07 Å². The van der Waals surface area contributed by atoms with Gasteiger partial charge in [-0.2, -0.15) is 5.26 Å². The SMILES string of the molecule is CN(CCCC(=O)Nc1ccc(C#N)cc1)S(=O)(=O)c1cccs1. The lowest BCUT2D eigenvalue weighted by Gasteiger charge is -2.15. The Kier molecular flexibility index (Phi) is 6.09. The Morgan fingerprint density at radius 1 is 1.29 bits per heavy atom. The monoisotopic (exact) mass is 363 g/mol. The fourth-order valence-corrected chi connectivity index (χ4v) is 4.41. The molecule has 0 radical (unpaired) electrons. The maximum absolute atomic E-state index is 12.2. The van der Waals surface area contributed by atoms with Gasteiger partial charge < -0.3 is 5.32 Å². The third-order valence-corrected chi connectivity index (χ3v) is 6.56. The first-order chi connectivity index (χ1) is 11.4. The second-order valence-electron chi connectivity index (χ2n) is 5.10. The Balaban J connectivity index is 1.81. The van der Waals surface area contributed by atoms with E-state index in [4.69, 9.17) is 5.26 Å². The van der Waals surface area contributed by atoms with Crippen LogP contribution < -0.4 is 5.32 Å². The number of nitrogens with zero attached hydrogens (tertiary/aromatic N) is 2. The van der Waals surface area contributed by atoms with E-state index in [1.165, 1.54) is 22.7 Å². The third kappa shape index (κ3) is 4.64. The first kappa shape index (κ1) is 18.1. The zero-order valence-electron chi connectivity index (χ0n) is 13.1. The fraction of sp³-hybridized carbons (Fsp3) is 0.250. The van der Waals surface area contributed by atoms with Crippen molar-refractivity contribution >= 4 is 33.0 Å². The molecule has 1 aromatic carbocycles. The van der Waals surface area contributed by atoms with Gasteiger partial charge in [0.15, 0.2) is 0 Å². The molecule has 0 saturated carbocycles. The van der Waals surface area contributed by atoms with E-state index in [0.29, 0.717) is 21.9 Å². The largest absolute Gasteiger partial charge is 0.326 e. The second kappa shape index (κ2) is 8.06. The normalized spacial score (nSPS) is 11.2. The highest BCUT2D eigenvalue weighted by Gasteiger charge is 2.21. The first-order valence-corrected chi connectivity index (χ1v) is 9.55. The number of nitriles is 1. The van der Waals surface area contributed by atoms with Crippen LogP contribution in [0.2, 0.25) is 0 Å². The van der Waals surface area contributed by atoms with Crippen LogP contribution in [0.5, 0.6) is 0 Å². The molecule has 0 aliphatic heterocycles. The Hall–Kier alpha value is -2.21. The first-order valence-electron chi connectivity index (χ1n) is 7.23. The predicted molar refractivity (Wildman–Crippen MR) is 93.2 cm³/mol. The molecule has 0 aliphatic rings. The van der Waals surface area contributed by atoms with Crippen molar-refractivity contribution in [3.8, 4) is 6.07 Å². The molecule has 8 heteroatoms. The van der Waals surface area contributed by atoms with Gasteiger partial charge in [0.25, 0.3) is 10.0 Å². The average molecular weight is 363 g/mol. The van der Waals surface area contributed by atoms with Crippen molar-refractivity contribution < 1.29 is 13.2 Å². The number of hydrogen-bond acceptors (Lipinski definition) is 5. The van der Waals surface area contributed by atoms with E-state index in [1.54, 1.807) is 41.8 Å². The molecule has 0 spiro atoms. The molecule has 0 bridgehead atoms. The fourth-order valence-electron chi connectivity index (χ4n) is 2.00. The molecule has 0 saturated heterocycles. The minimum absolute atomic E-state index is 0.193. The number of carbonyl (C=O) groups is 1. The van der Waals surface area contributed by atoms with Crippen LogP contribution in [0.4, 0.5) is 5.69 Å². The molecule has 2 rings (SSSR count). The average Bonchev–Trinajstić information content (AvgIpc) is 3.10. The van der Waals surface area contributed by atoms with Crippen LogP contribution in [0.25, 0.3) is 0 Å². The Labute approximate surface area is 145 Å². The number of rotatable bonds is 7. The molecule has 1 N–H and O–H groups in total. The summed E-state index contributed by atoms with van der Waals surface area (Å²) < 4.78 is 26.0. The Bertz CT molecular complexity index is 822. The number of thiophene rings is 1. The molecule has 0 unspecified atom stereocenters. The molecule has 126 valence electrons. The topological polar surface area (TPSA) is 90.3 Å². The molecule has 24 heavy (non-hydrogen) atoms. The molecule has 0 atom stereocenters. The van der Waals surface area contributed by atoms with Crippen molar-refractivity contribution in [2.45, 2.75) is 17.1 Å². The highest BCUT2D eigenvalue weighted by atomic mass is 32.2. The lowest BCUT2D eigenvalue weighted by molar-refractivity contribution is -0.116. The van der Waals surface area contributed by atoms with E-state index in [2.05, 4.69) is 5.32 Å². The summed E-state index contributed by atoms with van der Waals surface area (Å²) in [5, 5.41) is 13.2. The number of hydrogen-bond donors (Lipinski definition) is 1. The molecule has 1 amide bonds. The van der Waals surface area contributed by atoms with Gasteiger partial charge in [0.1, 0.15) is 4.21 Å². The van der Waals surface area contributed by atoms with Crippen LogP contribution in [0.3, 0.4) is 0 Å². The summed E-state index contributed by atoms with van der Waals surface area (Å²) in [7, 11) is -1.96. The summed E-state index contributed by atoms with van der Waals surface area (Å²) in [6.45, 7) is 0.265. The number of amides is 1. The molecular formula is C16H17N3O3S2. The van der Waals surface area contributed by atoms with Crippen molar-refractivity contribution in [1.29, 1.82) is 5.26 Å². The van der Waals surface area contributed by atoms with Crippen molar-refractivity contribution in [3.05, 3.63) is 47.3 Å². The Morgan fingerprint density at radius 2 is 2.00 bits per heavy atom. The smallest absolute Gasteiger partial charge is 0.252 e. The van der Waals surface area contributed by atoms with Gasteiger partial charge in [-0.3, -0.25) is 4.79 Å². The molecular weight excluding hydrogens is 346 g/mol. The second-order valence-corrected chi connectivity index (χ2v) is 8.32. The van der Waals surface area contributed by atoms with E-state index in [9.17, 15) is 13.2 Å². The summed E-state index contributed by atoms with van der Waals surface area (Å²) in [6.07, 6.45) is 0.632. The third-order valence-electron chi connectivity index (χ3n) is 3.33. The van der Waals surface area contributed by atoms with Crippen molar-refractivity contribution in [2.24, 2.45) is 0 Å². The lowest BCUT2D eigenvalue weighted by Crippen LogP contribution is -2.28. The van der Waals surface area contributed by atoms with E-state index >= 15 is 0 Å². The van der Waals surface area contributed by atoms with Gasteiger partial charge in [0.2, 0.25) is 5.91 Å². The van der Waals surface area contributed by atoms with Crippen molar-refractivity contribution in [3.63, 3.8) is 0 Å². The highest BCUT2D eigenvalue weighted by molar-refractivity contribution is 7.91. The molecule has 2 aromatic rings. The molecule has 1 aromatic heterocycles. The summed E-state index contributed by atoms with van der Waals surface area (Å²) >= 11 is 1.17. The van der Waals surface area contributed by atoms with Crippen LogP contribution >= 0.6 is 11.3 Å². The van der Waals surface area contributed by atoms with Gasteiger partial charge in [-0.05, 0) is 42.1 Å². The van der Waals surface area contributed by atoms with Gasteiger partial charge in [-0.25, -0.2) is 12.7 Å². The Morgan fingerprint density at radius 3 is 2.58 bits per heavy atom. The number of sulfonamides is 1. The van der Waals surface area contributed by atoms with Crippen LogP contribution in [0.1, 0.15) is 18.4 Å². The van der Waals surface area contributed by atoms with Crippen molar-refractivity contribution in [1.82, 2.24) is 4.31 Å².